The fourth-order valence-corrected chi connectivity index (χ4v) is 3.42. The van der Waals surface area contributed by atoms with Crippen LogP contribution in [0.4, 0.5) is 0 Å². The molecule has 3 aromatic rings. The molecule has 0 unspecified atom stereocenters. The first kappa shape index (κ1) is 19.6. The van der Waals surface area contributed by atoms with Crippen molar-refractivity contribution in [2.75, 3.05) is 0 Å². The van der Waals surface area contributed by atoms with Gasteiger partial charge in [-0.25, -0.2) is 4.79 Å². The minimum absolute atomic E-state index is 0.246. The highest BCUT2D eigenvalue weighted by Crippen LogP contribution is 2.28. The Balaban J connectivity index is 1.95. The number of ether oxygens (including phenoxy) is 1. The largest absolute Gasteiger partial charge is 0.444 e. The van der Waals surface area contributed by atoms with Gasteiger partial charge in [0.1, 0.15) is 5.69 Å². The quantitative estimate of drug-likeness (QED) is 0.491. The number of hydrogen-bond acceptors (Lipinski definition) is 4. The van der Waals surface area contributed by atoms with Crippen molar-refractivity contribution in [3.63, 3.8) is 0 Å². The minimum atomic E-state index is -1.06. The highest BCUT2D eigenvalue weighted by atomic mass is 16.5. The third-order valence-corrected chi connectivity index (χ3v) is 4.74. The molecule has 0 saturated carbocycles. The molecular formula is C23H23NO4. The number of Topliss-reactive ketones (excluding diaryl/α,β-unsaturated/α-hetero) is 1. The van der Waals surface area contributed by atoms with Gasteiger partial charge in [0.25, 0.3) is 0 Å². The molecular weight excluding hydrogens is 354 g/mol. The minimum Gasteiger partial charge on any atom is -0.444 e. The predicted octanol–water partition coefficient (Wildman–Crippen LogP) is 4.47. The van der Waals surface area contributed by atoms with Crippen molar-refractivity contribution in [2.24, 2.45) is 0 Å². The molecule has 5 heteroatoms. The average molecular weight is 377 g/mol. The Labute approximate surface area is 164 Å². The number of hydrogen-bond donors (Lipinski definition) is 2. The van der Waals surface area contributed by atoms with Crippen LogP contribution in [0.25, 0.3) is 0 Å². The number of rotatable bonds is 6. The first-order valence-corrected chi connectivity index (χ1v) is 9.12. The molecule has 0 radical (unpaired) electrons. The van der Waals surface area contributed by atoms with E-state index >= 15 is 0 Å². The Hall–Kier alpha value is -3.18. The van der Waals surface area contributed by atoms with Gasteiger partial charge in [0.05, 0.1) is 6.10 Å². The van der Waals surface area contributed by atoms with E-state index in [9.17, 15) is 14.7 Å². The van der Waals surface area contributed by atoms with Crippen LogP contribution in [0.2, 0.25) is 0 Å². The molecule has 5 nitrogen and oxygen atoms in total. The number of ketones is 1. The lowest BCUT2D eigenvalue weighted by Gasteiger charge is -2.17. The molecule has 2 N–H and O–H groups in total. The fraction of sp³-hybridized carbons (Fsp3) is 0.217. The number of aromatic amines is 1. The van der Waals surface area contributed by atoms with E-state index in [1.807, 2.05) is 12.1 Å². The van der Waals surface area contributed by atoms with Crippen LogP contribution in [-0.2, 0) is 4.74 Å². The molecule has 0 saturated heterocycles. The van der Waals surface area contributed by atoms with Crippen LogP contribution in [0.5, 0.6) is 0 Å². The van der Waals surface area contributed by atoms with Gasteiger partial charge in [-0.1, -0.05) is 60.7 Å². The molecule has 1 aromatic heterocycles. The molecule has 0 aliphatic heterocycles. The van der Waals surface area contributed by atoms with E-state index < -0.39 is 18.2 Å². The summed E-state index contributed by atoms with van der Waals surface area (Å²) in [5.41, 5.74) is 3.30. The van der Waals surface area contributed by atoms with Crippen molar-refractivity contribution in [1.29, 1.82) is 0 Å². The Kier molecular flexibility index (Phi) is 5.76. The molecule has 1 heterocycles. The van der Waals surface area contributed by atoms with Crippen molar-refractivity contribution in [3.8, 4) is 0 Å². The molecule has 2 atom stereocenters. The number of esters is 1. The number of H-pyrrole nitrogens is 1. The smallest absolute Gasteiger partial charge is 0.356 e. The molecule has 0 spiro atoms. The molecule has 0 amide bonds. The average Bonchev–Trinajstić information content (AvgIpc) is 3.01. The number of carbonyl (C=O) groups is 2. The van der Waals surface area contributed by atoms with Gasteiger partial charge in [0.2, 0.25) is 5.78 Å². The van der Waals surface area contributed by atoms with Crippen LogP contribution >= 0.6 is 0 Å². The molecule has 2 aromatic carbocycles. The molecule has 0 aliphatic rings. The summed E-state index contributed by atoms with van der Waals surface area (Å²) >= 11 is 0. The van der Waals surface area contributed by atoms with Gasteiger partial charge in [-0.2, -0.15) is 0 Å². The van der Waals surface area contributed by atoms with Crippen molar-refractivity contribution in [3.05, 3.63) is 94.3 Å². The predicted molar refractivity (Wildman–Crippen MR) is 106 cm³/mol. The lowest BCUT2D eigenvalue weighted by Crippen LogP contribution is -2.21. The first-order chi connectivity index (χ1) is 13.4. The summed E-state index contributed by atoms with van der Waals surface area (Å²) in [6.07, 6.45) is -1.78. The van der Waals surface area contributed by atoms with Crippen molar-refractivity contribution in [2.45, 2.75) is 33.0 Å². The summed E-state index contributed by atoms with van der Waals surface area (Å²) in [6.45, 7) is 5.18. The molecule has 0 aliphatic carbocycles. The summed E-state index contributed by atoms with van der Waals surface area (Å²) in [6, 6.07) is 17.7. The second-order valence-corrected chi connectivity index (χ2v) is 6.77. The molecule has 3 rings (SSSR count). The first-order valence-electron chi connectivity index (χ1n) is 9.12. The topological polar surface area (TPSA) is 79.4 Å². The standard InChI is InChI=1S/C23H23NO4/c1-14-19(16(3)25)15(2)24-20(14)23(27)28-22(18-12-8-5-9-13-18)21(26)17-10-6-4-7-11-17/h4-13,16,22,24-25H,1-3H3/t16-,22+/m0/s1. The fourth-order valence-electron chi connectivity index (χ4n) is 3.42. The Morgan fingerprint density at radius 1 is 0.964 bits per heavy atom. The van der Waals surface area contributed by atoms with E-state index in [2.05, 4.69) is 4.98 Å². The van der Waals surface area contributed by atoms with Gasteiger partial charge in [-0.15, -0.1) is 0 Å². The van der Waals surface area contributed by atoms with Crippen molar-refractivity contribution < 1.29 is 19.4 Å². The van der Waals surface area contributed by atoms with Crippen LogP contribution in [0.1, 0.15) is 62.4 Å². The lowest BCUT2D eigenvalue weighted by molar-refractivity contribution is 0.0274. The maximum Gasteiger partial charge on any atom is 0.356 e. The van der Waals surface area contributed by atoms with E-state index in [0.717, 1.165) is 0 Å². The third-order valence-electron chi connectivity index (χ3n) is 4.74. The summed E-state index contributed by atoms with van der Waals surface area (Å²) in [7, 11) is 0. The van der Waals surface area contributed by atoms with E-state index in [1.165, 1.54) is 0 Å². The van der Waals surface area contributed by atoms with Crippen LogP contribution in [-0.4, -0.2) is 21.8 Å². The van der Waals surface area contributed by atoms with E-state index in [-0.39, 0.29) is 11.5 Å². The van der Waals surface area contributed by atoms with Gasteiger partial charge in [-0.3, -0.25) is 4.79 Å². The van der Waals surface area contributed by atoms with E-state index in [4.69, 9.17) is 4.74 Å². The van der Waals surface area contributed by atoms with Crippen molar-refractivity contribution in [1.82, 2.24) is 4.98 Å². The Morgan fingerprint density at radius 2 is 1.54 bits per heavy atom. The number of aliphatic hydroxyl groups excluding tert-OH is 1. The maximum atomic E-state index is 13.0. The van der Waals surface area contributed by atoms with Gasteiger partial charge < -0.3 is 14.8 Å². The van der Waals surface area contributed by atoms with Crippen LogP contribution < -0.4 is 0 Å². The van der Waals surface area contributed by atoms with Crippen LogP contribution in [0.15, 0.2) is 60.7 Å². The van der Waals surface area contributed by atoms with Crippen LogP contribution in [0.3, 0.4) is 0 Å². The summed E-state index contributed by atoms with van der Waals surface area (Å²) < 4.78 is 5.67. The highest BCUT2D eigenvalue weighted by Gasteiger charge is 2.29. The van der Waals surface area contributed by atoms with E-state index in [0.29, 0.717) is 27.9 Å². The van der Waals surface area contributed by atoms with Crippen molar-refractivity contribution >= 4 is 11.8 Å². The van der Waals surface area contributed by atoms with E-state index in [1.54, 1.807) is 69.3 Å². The monoisotopic (exact) mass is 377 g/mol. The number of nitrogens with one attached hydrogen (secondary N) is 1. The Morgan fingerprint density at radius 3 is 2.07 bits per heavy atom. The van der Waals surface area contributed by atoms with Gasteiger partial charge in [-0.05, 0) is 26.3 Å². The highest BCUT2D eigenvalue weighted by molar-refractivity contribution is 6.02. The number of carbonyl (C=O) groups excluding carboxylic acids is 2. The number of aromatic nitrogens is 1. The third kappa shape index (κ3) is 3.89. The SMILES string of the molecule is Cc1[nH]c(C(=O)O[C@@H](C(=O)c2ccccc2)c2ccccc2)c(C)c1[C@H](C)O. The zero-order chi connectivity index (χ0) is 20.3. The summed E-state index contributed by atoms with van der Waals surface area (Å²) in [5, 5.41) is 9.95. The number of aliphatic hydroxyl groups is 1. The second kappa shape index (κ2) is 8.23. The zero-order valence-corrected chi connectivity index (χ0v) is 16.1. The lowest BCUT2D eigenvalue weighted by atomic mass is 9.99. The van der Waals surface area contributed by atoms with Crippen LogP contribution in [0, 0.1) is 13.8 Å². The zero-order valence-electron chi connectivity index (χ0n) is 16.1. The Bertz CT molecular complexity index is 975. The molecule has 144 valence electrons. The molecule has 0 bridgehead atoms. The maximum absolute atomic E-state index is 13.0. The molecule has 0 fully saturated rings. The summed E-state index contributed by atoms with van der Waals surface area (Å²) in [5.74, 6) is -0.928. The van der Waals surface area contributed by atoms with Gasteiger partial charge in [0.15, 0.2) is 6.10 Å². The second-order valence-electron chi connectivity index (χ2n) is 6.77. The van der Waals surface area contributed by atoms with Gasteiger partial charge >= 0.3 is 5.97 Å². The summed E-state index contributed by atoms with van der Waals surface area (Å²) in [4.78, 5) is 28.9. The van der Waals surface area contributed by atoms with Gasteiger partial charge in [0, 0.05) is 22.4 Å². The number of aryl methyl sites for hydroxylation is 1. The normalized spacial score (nSPS) is 13.0. The molecule has 28 heavy (non-hydrogen) atoms. The number of benzene rings is 2.